The van der Waals surface area contributed by atoms with E-state index in [0.717, 1.165) is 0 Å². The summed E-state index contributed by atoms with van der Waals surface area (Å²) >= 11 is 4.04. The Bertz CT molecular complexity index is 1220. The summed E-state index contributed by atoms with van der Waals surface area (Å²) in [5.41, 5.74) is 7.49. The van der Waals surface area contributed by atoms with Gasteiger partial charge in [0.1, 0.15) is 35.0 Å². The Morgan fingerprint density at radius 2 is 2.31 bits per heavy atom. The largest absolute Gasteiger partial charge is 0.477 e. The van der Waals surface area contributed by atoms with Crippen molar-refractivity contribution in [2.45, 2.75) is 15.8 Å². The normalized spacial score (nSPS) is 19.6. The van der Waals surface area contributed by atoms with E-state index < -0.39 is 29.2 Å². The fourth-order valence-electron chi connectivity index (χ4n) is 3.20. The third-order valence-electron chi connectivity index (χ3n) is 4.70. The number of aromatic nitrogens is 4. The lowest BCUT2D eigenvalue weighted by molar-refractivity contribution is -0.150. The van der Waals surface area contributed by atoms with Crippen molar-refractivity contribution in [2.75, 3.05) is 23.8 Å². The number of hydrogen-bond acceptors (Lipinski definition) is 13. The van der Waals surface area contributed by atoms with Crippen molar-refractivity contribution in [3.8, 4) is 0 Å². The van der Waals surface area contributed by atoms with Gasteiger partial charge in [-0.3, -0.25) is 14.5 Å². The van der Waals surface area contributed by atoms with Gasteiger partial charge in [-0.25, -0.2) is 14.8 Å². The molecule has 1 saturated heterocycles. The highest BCUT2D eigenvalue weighted by Gasteiger charge is 2.54. The van der Waals surface area contributed by atoms with Crippen molar-refractivity contribution in [1.29, 1.82) is 0 Å². The topological polar surface area (TPSA) is 186 Å². The molecule has 16 heteroatoms. The summed E-state index contributed by atoms with van der Waals surface area (Å²) in [6, 6.07) is 0.473. The predicted molar refractivity (Wildman–Crippen MR) is 129 cm³/mol. The van der Waals surface area contributed by atoms with Crippen LogP contribution >= 0.6 is 34.9 Å². The van der Waals surface area contributed by atoms with Crippen LogP contribution in [0.3, 0.4) is 0 Å². The second kappa shape index (κ2) is 10.8. The molecule has 0 saturated carbocycles. The van der Waals surface area contributed by atoms with Gasteiger partial charge >= 0.3 is 5.97 Å². The second-order valence-corrected chi connectivity index (χ2v) is 10.1. The zero-order valence-electron chi connectivity index (χ0n) is 17.9. The Balaban J connectivity index is 1.50. The van der Waals surface area contributed by atoms with Gasteiger partial charge in [-0.1, -0.05) is 40.9 Å². The number of carbonyl (C=O) groups is 3. The number of carbonyl (C=O) groups excluding carboxylic acids is 2. The molecular weight excluding hydrogens is 516 g/mol. The highest BCUT2D eigenvalue weighted by Crippen LogP contribution is 2.41. The quantitative estimate of drug-likeness (QED) is 0.0949. The maximum absolute atomic E-state index is 13.0. The van der Waals surface area contributed by atoms with Crippen LogP contribution in [0.15, 0.2) is 51.2 Å². The smallest absolute Gasteiger partial charge is 0.352 e. The van der Waals surface area contributed by atoms with E-state index in [2.05, 4.69) is 37.2 Å². The molecule has 0 bridgehead atoms. The molecule has 13 nitrogen and oxygen atoms in total. The Kier molecular flexibility index (Phi) is 7.62. The number of oxime groups is 1. The molecule has 2 aliphatic heterocycles. The van der Waals surface area contributed by atoms with Crippen LogP contribution < -0.4 is 11.1 Å². The van der Waals surface area contributed by atoms with E-state index in [1.165, 1.54) is 58.1 Å². The van der Waals surface area contributed by atoms with Crippen molar-refractivity contribution >= 4 is 64.2 Å². The van der Waals surface area contributed by atoms with Gasteiger partial charge in [0.05, 0.1) is 0 Å². The number of carboxylic acid groups (broad SMARTS) is 1. The van der Waals surface area contributed by atoms with Crippen LogP contribution in [0.25, 0.3) is 0 Å². The number of β-lactam (4-membered cyclic amide) rings is 1. The maximum Gasteiger partial charge on any atom is 0.352 e. The summed E-state index contributed by atoms with van der Waals surface area (Å²) in [6.45, 7) is 3.54. The molecule has 35 heavy (non-hydrogen) atoms. The third kappa shape index (κ3) is 5.28. The zero-order valence-corrected chi connectivity index (χ0v) is 20.3. The van der Waals surface area contributed by atoms with Crippen molar-refractivity contribution in [3.05, 3.63) is 47.5 Å². The third-order valence-corrected chi connectivity index (χ3v) is 7.98. The van der Waals surface area contributed by atoms with Crippen molar-refractivity contribution in [3.63, 3.8) is 0 Å². The Labute approximate surface area is 210 Å². The molecule has 2 aliphatic rings. The fourth-order valence-corrected chi connectivity index (χ4v) is 6.18. The number of nitrogens with one attached hydrogen (secondary N) is 1. The van der Waals surface area contributed by atoms with Gasteiger partial charge in [-0.05, 0) is 11.6 Å². The number of anilines is 1. The van der Waals surface area contributed by atoms with Gasteiger partial charge in [-0.2, -0.15) is 0 Å². The fraction of sp³-hybridized carbons (Fsp3) is 0.263. The molecule has 2 unspecified atom stereocenters. The molecule has 4 heterocycles. The number of rotatable bonds is 10. The van der Waals surface area contributed by atoms with Gasteiger partial charge in [0.2, 0.25) is 5.71 Å². The van der Waals surface area contributed by atoms with Crippen LogP contribution in [0.2, 0.25) is 0 Å². The molecular formula is C19H18N8O5S3. The number of nitrogens with zero attached hydrogens (tertiary/aromatic N) is 6. The Morgan fingerprint density at radius 1 is 1.49 bits per heavy atom. The van der Waals surface area contributed by atoms with E-state index >= 15 is 0 Å². The van der Waals surface area contributed by atoms with Gasteiger partial charge in [0.25, 0.3) is 11.8 Å². The lowest BCUT2D eigenvalue weighted by Crippen LogP contribution is -2.71. The standard InChI is InChI=1S/C19H18N8O5S3/c1-2-5-32-26-11(14-21-4-3-10(20)23-14)15(28)24-12-16(29)27-13(18(30)31)9(6-33-17(12)27)7-34-19-25-22-8-35-19/h2-4,8,12,17H,1,5-7H2,(H,24,28)(H,30,31)(H2,20,21,23)/b26-11+. The first-order valence-corrected chi connectivity index (χ1v) is 12.8. The molecule has 182 valence electrons. The molecule has 4 N–H and O–H groups in total. The summed E-state index contributed by atoms with van der Waals surface area (Å²) in [5.74, 6) is -1.79. The number of carboxylic acids is 1. The maximum atomic E-state index is 13.0. The van der Waals surface area contributed by atoms with Gasteiger partial charge in [0, 0.05) is 17.7 Å². The first-order chi connectivity index (χ1) is 16.9. The molecule has 0 aromatic carbocycles. The van der Waals surface area contributed by atoms with E-state index in [0.29, 0.717) is 21.4 Å². The average Bonchev–Trinajstić information content (AvgIpc) is 3.36. The number of aliphatic carboxylic acids is 1. The SMILES string of the molecule is C=CCO/N=C(/C(=O)NC1C(=O)N2C(C(=O)O)=C(CSc3nncs3)CSC12)c1nccc(N)n1. The average molecular weight is 535 g/mol. The molecule has 4 rings (SSSR count). The monoisotopic (exact) mass is 534 g/mol. The van der Waals surface area contributed by atoms with Gasteiger partial charge in [-0.15, -0.1) is 22.0 Å². The van der Waals surface area contributed by atoms with Crippen LogP contribution in [0, 0.1) is 0 Å². The molecule has 0 radical (unpaired) electrons. The minimum atomic E-state index is -1.21. The van der Waals surface area contributed by atoms with E-state index in [9.17, 15) is 19.5 Å². The van der Waals surface area contributed by atoms with E-state index in [1.807, 2.05) is 0 Å². The molecule has 2 aromatic heterocycles. The zero-order chi connectivity index (χ0) is 24.9. The number of fused-ring (bicyclic) bond motifs is 1. The lowest BCUT2D eigenvalue weighted by Gasteiger charge is -2.49. The molecule has 2 amide bonds. The summed E-state index contributed by atoms with van der Waals surface area (Å²) in [4.78, 5) is 52.1. The summed E-state index contributed by atoms with van der Waals surface area (Å²) in [6.07, 6.45) is 2.79. The molecule has 0 spiro atoms. The number of nitrogens with two attached hydrogens (primary N) is 1. The van der Waals surface area contributed by atoms with Gasteiger partial charge in [0.15, 0.2) is 10.2 Å². The first-order valence-electron chi connectivity index (χ1n) is 9.90. The number of amides is 2. The minimum Gasteiger partial charge on any atom is -0.477 e. The first kappa shape index (κ1) is 24.6. The number of hydrogen-bond donors (Lipinski definition) is 3. The minimum absolute atomic E-state index is 0.0261. The van der Waals surface area contributed by atoms with Crippen LogP contribution in [-0.4, -0.2) is 83.2 Å². The van der Waals surface area contributed by atoms with Crippen LogP contribution in [0.4, 0.5) is 5.82 Å². The van der Waals surface area contributed by atoms with Crippen LogP contribution in [0.1, 0.15) is 5.82 Å². The van der Waals surface area contributed by atoms with E-state index in [4.69, 9.17) is 10.6 Å². The Hall–Kier alpha value is -3.50. The number of thioether (sulfide) groups is 2. The molecule has 2 aromatic rings. The molecule has 0 aliphatic carbocycles. The lowest BCUT2D eigenvalue weighted by atomic mass is 10.0. The van der Waals surface area contributed by atoms with E-state index in [-0.39, 0.29) is 29.7 Å². The van der Waals surface area contributed by atoms with E-state index in [1.54, 1.807) is 5.51 Å². The highest BCUT2D eigenvalue weighted by molar-refractivity contribution is 8.01. The predicted octanol–water partition coefficient (Wildman–Crippen LogP) is 0.348. The number of nitrogen functional groups attached to an aromatic ring is 1. The highest BCUT2D eigenvalue weighted by atomic mass is 32.2. The van der Waals surface area contributed by atoms with Gasteiger partial charge < -0.3 is 21.0 Å². The summed E-state index contributed by atoms with van der Waals surface area (Å²) in [5, 5.41) is 23.3. The van der Waals surface area contributed by atoms with Crippen molar-refractivity contribution < 1.29 is 24.3 Å². The van der Waals surface area contributed by atoms with Crippen molar-refractivity contribution in [1.82, 2.24) is 30.4 Å². The Morgan fingerprint density at radius 3 is 3.00 bits per heavy atom. The van der Waals surface area contributed by atoms with Crippen LogP contribution in [-0.2, 0) is 19.2 Å². The summed E-state index contributed by atoms with van der Waals surface area (Å²) in [7, 11) is 0. The van der Waals surface area contributed by atoms with Crippen LogP contribution in [0.5, 0.6) is 0 Å². The molecule has 1 fully saturated rings. The summed E-state index contributed by atoms with van der Waals surface area (Å²) < 4.78 is 0.698. The second-order valence-electron chi connectivity index (χ2n) is 6.94. The molecule has 2 atom stereocenters. The van der Waals surface area contributed by atoms with Crippen molar-refractivity contribution in [2.24, 2.45) is 5.16 Å².